The molecule has 4 nitrogen and oxygen atoms in total. The van der Waals surface area contributed by atoms with Gasteiger partial charge in [-0.05, 0) is 32.3 Å². The minimum Gasteiger partial charge on any atom is -0.465 e. The van der Waals surface area contributed by atoms with Gasteiger partial charge in [-0.2, -0.15) is 0 Å². The van der Waals surface area contributed by atoms with Gasteiger partial charge in [-0.25, -0.2) is 0 Å². The van der Waals surface area contributed by atoms with Gasteiger partial charge in [0.15, 0.2) is 5.92 Å². The van der Waals surface area contributed by atoms with E-state index >= 15 is 0 Å². The van der Waals surface area contributed by atoms with Crippen LogP contribution in [-0.4, -0.2) is 24.1 Å². The molecule has 0 aromatic carbocycles. The summed E-state index contributed by atoms with van der Waals surface area (Å²) >= 11 is 0. The van der Waals surface area contributed by atoms with Crippen LogP contribution in [0.4, 0.5) is 0 Å². The Labute approximate surface area is 94.6 Å². The molecule has 4 heteroatoms. The molecular weight excluding hydrogens is 208 g/mol. The Morgan fingerprint density at radius 3 is 3.12 bits per heavy atom. The van der Waals surface area contributed by atoms with Gasteiger partial charge in [0.25, 0.3) is 0 Å². The highest BCUT2D eigenvalue weighted by atomic mass is 16.6. The van der Waals surface area contributed by atoms with E-state index in [9.17, 15) is 9.59 Å². The van der Waals surface area contributed by atoms with Crippen LogP contribution in [0.2, 0.25) is 0 Å². The van der Waals surface area contributed by atoms with Gasteiger partial charge in [0, 0.05) is 6.42 Å². The fourth-order valence-electron chi connectivity index (χ4n) is 2.32. The molecule has 0 aromatic rings. The predicted octanol–water partition coefficient (Wildman–Crippen LogP) is 1.59. The maximum absolute atomic E-state index is 11.6. The van der Waals surface area contributed by atoms with Crippen LogP contribution in [0.25, 0.3) is 0 Å². The lowest BCUT2D eigenvalue weighted by atomic mass is 9.85. The van der Waals surface area contributed by atoms with Crippen LogP contribution in [0.5, 0.6) is 0 Å². The molecule has 2 rings (SSSR count). The second kappa shape index (κ2) is 4.28. The quantitative estimate of drug-likeness (QED) is 0.406. The molecule has 2 atom stereocenters. The summed E-state index contributed by atoms with van der Waals surface area (Å²) in [5.74, 6) is -1.63. The summed E-state index contributed by atoms with van der Waals surface area (Å²) in [6.45, 7) is 2.03. The summed E-state index contributed by atoms with van der Waals surface area (Å²) in [6, 6.07) is 0. The Balaban J connectivity index is 2.09. The Morgan fingerprint density at radius 1 is 1.69 bits per heavy atom. The standard InChI is InChI=1S/C12H16O4/c1-2-15-10(13)9-8-12(16-11(9)14)6-4-3-5-7-12/h4,6,9H,2-3,5,7-8H2,1H3. The molecule has 0 aromatic heterocycles. The molecule has 2 aliphatic rings. The van der Waals surface area contributed by atoms with Gasteiger partial charge in [0.2, 0.25) is 0 Å². The summed E-state index contributed by atoms with van der Waals surface area (Å²) < 4.78 is 10.2. The molecule has 1 fully saturated rings. The van der Waals surface area contributed by atoms with Crippen molar-refractivity contribution in [3.05, 3.63) is 12.2 Å². The molecule has 1 aliphatic carbocycles. The molecule has 0 radical (unpaired) electrons. The first-order valence-corrected chi connectivity index (χ1v) is 5.74. The van der Waals surface area contributed by atoms with E-state index in [0.717, 1.165) is 19.3 Å². The lowest BCUT2D eigenvalue weighted by Gasteiger charge is -2.26. The average Bonchev–Trinajstić information content (AvgIpc) is 2.57. The molecule has 0 N–H and O–H groups in total. The zero-order valence-corrected chi connectivity index (χ0v) is 9.40. The third kappa shape index (κ3) is 1.96. The Hall–Kier alpha value is -1.32. The minimum atomic E-state index is -0.734. The molecule has 1 aliphatic heterocycles. The van der Waals surface area contributed by atoms with E-state index in [1.165, 1.54) is 0 Å². The van der Waals surface area contributed by atoms with Crippen molar-refractivity contribution in [3.8, 4) is 0 Å². The molecule has 0 amide bonds. The predicted molar refractivity (Wildman–Crippen MR) is 56.6 cm³/mol. The number of carbonyl (C=O) groups is 2. The summed E-state index contributed by atoms with van der Waals surface area (Å²) in [4.78, 5) is 23.1. The van der Waals surface area contributed by atoms with E-state index in [1.807, 2.05) is 12.2 Å². The lowest BCUT2D eigenvalue weighted by molar-refractivity contribution is -0.157. The van der Waals surface area contributed by atoms with E-state index in [0.29, 0.717) is 13.0 Å². The van der Waals surface area contributed by atoms with E-state index in [-0.39, 0.29) is 0 Å². The molecule has 1 spiro atoms. The molecule has 2 unspecified atom stereocenters. The monoisotopic (exact) mass is 224 g/mol. The fraction of sp³-hybridized carbons (Fsp3) is 0.667. The van der Waals surface area contributed by atoms with Crippen molar-refractivity contribution in [1.82, 2.24) is 0 Å². The SMILES string of the molecule is CCOC(=O)C1CC2(C=CCCC2)OC1=O. The maximum Gasteiger partial charge on any atom is 0.321 e. The second-order valence-electron chi connectivity index (χ2n) is 4.29. The van der Waals surface area contributed by atoms with Crippen molar-refractivity contribution in [2.24, 2.45) is 5.92 Å². The van der Waals surface area contributed by atoms with Gasteiger partial charge < -0.3 is 9.47 Å². The Morgan fingerprint density at radius 2 is 2.50 bits per heavy atom. The summed E-state index contributed by atoms with van der Waals surface area (Å²) in [6.07, 6.45) is 7.20. The lowest BCUT2D eigenvalue weighted by Crippen LogP contribution is -2.27. The van der Waals surface area contributed by atoms with Gasteiger partial charge in [-0.1, -0.05) is 6.08 Å². The zero-order chi connectivity index (χ0) is 11.6. The molecule has 0 bridgehead atoms. The minimum absolute atomic E-state index is 0.297. The topological polar surface area (TPSA) is 52.6 Å². The number of hydrogen-bond donors (Lipinski definition) is 0. The molecule has 1 heterocycles. The van der Waals surface area contributed by atoms with E-state index in [1.54, 1.807) is 6.92 Å². The van der Waals surface area contributed by atoms with E-state index in [4.69, 9.17) is 9.47 Å². The van der Waals surface area contributed by atoms with Crippen LogP contribution >= 0.6 is 0 Å². The van der Waals surface area contributed by atoms with Crippen LogP contribution in [0.1, 0.15) is 32.6 Å². The summed E-state index contributed by atoms with van der Waals surface area (Å²) in [5.41, 5.74) is -0.535. The van der Waals surface area contributed by atoms with Crippen molar-refractivity contribution in [2.75, 3.05) is 6.61 Å². The first-order valence-electron chi connectivity index (χ1n) is 5.74. The van der Waals surface area contributed by atoms with Gasteiger partial charge >= 0.3 is 11.9 Å². The number of carbonyl (C=O) groups excluding carboxylic acids is 2. The molecule has 0 saturated carbocycles. The third-order valence-electron chi connectivity index (χ3n) is 3.10. The Kier molecular flexibility index (Phi) is 2.99. The van der Waals surface area contributed by atoms with Crippen LogP contribution in [-0.2, 0) is 19.1 Å². The van der Waals surface area contributed by atoms with E-state index in [2.05, 4.69) is 0 Å². The van der Waals surface area contributed by atoms with Crippen molar-refractivity contribution < 1.29 is 19.1 Å². The number of allylic oxidation sites excluding steroid dienone is 1. The summed E-state index contributed by atoms with van der Waals surface area (Å²) in [5, 5.41) is 0. The van der Waals surface area contributed by atoms with Gasteiger partial charge in [0.05, 0.1) is 6.61 Å². The first-order chi connectivity index (χ1) is 7.67. The highest BCUT2D eigenvalue weighted by molar-refractivity contribution is 5.96. The Bertz CT molecular complexity index is 334. The van der Waals surface area contributed by atoms with Crippen LogP contribution < -0.4 is 0 Å². The zero-order valence-electron chi connectivity index (χ0n) is 9.40. The van der Waals surface area contributed by atoms with Crippen LogP contribution in [0, 0.1) is 5.92 Å². The van der Waals surface area contributed by atoms with Crippen molar-refractivity contribution >= 4 is 11.9 Å². The number of ether oxygens (including phenoxy) is 2. The van der Waals surface area contributed by atoms with Crippen molar-refractivity contribution in [2.45, 2.75) is 38.2 Å². The van der Waals surface area contributed by atoms with Gasteiger partial charge in [-0.15, -0.1) is 0 Å². The second-order valence-corrected chi connectivity index (χ2v) is 4.29. The first kappa shape index (κ1) is 11.2. The highest BCUT2D eigenvalue weighted by Crippen LogP contribution is 2.39. The number of esters is 2. The average molecular weight is 224 g/mol. The van der Waals surface area contributed by atoms with Gasteiger partial charge in [-0.3, -0.25) is 9.59 Å². The summed E-state index contributed by atoms with van der Waals surface area (Å²) in [7, 11) is 0. The maximum atomic E-state index is 11.6. The fourth-order valence-corrected chi connectivity index (χ4v) is 2.32. The van der Waals surface area contributed by atoms with Gasteiger partial charge in [0.1, 0.15) is 5.60 Å². The molecule has 88 valence electrons. The van der Waals surface area contributed by atoms with Crippen LogP contribution in [0.15, 0.2) is 12.2 Å². The molecular formula is C12H16O4. The third-order valence-corrected chi connectivity index (χ3v) is 3.10. The van der Waals surface area contributed by atoms with Crippen molar-refractivity contribution in [1.29, 1.82) is 0 Å². The van der Waals surface area contributed by atoms with Crippen molar-refractivity contribution in [3.63, 3.8) is 0 Å². The largest absolute Gasteiger partial charge is 0.465 e. The normalized spacial score (nSPS) is 32.8. The number of hydrogen-bond acceptors (Lipinski definition) is 4. The van der Waals surface area contributed by atoms with Crippen LogP contribution in [0.3, 0.4) is 0 Å². The number of rotatable bonds is 2. The van der Waals surface area contributed by atoms with E-state index < -0.39 is 23.5 Å². The highest BCUT2D eigenvalue weighted by Gasteiger charge is 2.49. The molecule has 1 saturated heterocycles. The molecule has 16 heavy (non-hydrogen) atoms. The smallest absolute Gasteiger partial charge is 0.321 e.